The zero-order chi connectivity index (χ0) is 8.27. The molecule has 0 bridgehead atoms. The van der Waals surface area contributed by atoms with Crippen LogP contribution < -0.4 is 0 Å². The number of nitrogens with zero attached hydrogens (tertiary/aromatic N) is 2. The highest BCUT2D eigenvalue weighted by Gasteiger charge is 1.98. The van der Waals surface area contributed by atoms with Gasteiger partial charge in [0.05, 0.1) is 6.42 Å². The molecule has 0 unspecified atom stereocenters. The Bertz CT molecular complexity index is 303. The van der Waals surface area contributed by atoms with Crippen LogP contribution in [-0.2, 0) is 11.3 Å². The summed E-state index contributed by atoms with van der Waals surface area (Å²) in [5.41, 5.74) is 0. The highest BCUT2D eigenvalue weighted by Crippen LogP contribution is 1.90. The van der Waals surface area contributed by atoms with E-state index in [-0.39, 0.29) is 6.42 Å². The Balaban J connectivity index is 2.58. The number of carbonyl (C=O) groups is 1. The summed E-state index contributed by atoms with van der Waals surface area (Å²) in [5, 5.41) is 14.5. The Morgan fingerprint density at radius 3 is 3.09 bits per heavy atom. The van der Waals surface area contributed by atoms with Crippen LogP contribution >= 0.6 is 12.2 Å². The van der Waals surface area contributed by atoms with Gasteiger partial charge in [-0.05, 0) is 12.2 Å². The number of H-pyrrole nitrogens is 1. The molecule has 0 aliphatic carbocycles. The molecule has 1 aromatic heterocycles. The van der Waals surface area contributed by atoms with E-state index in [0.29, 0.717) is 11.3 Å². The molecular weight excluding hydrogens is 166 g/mol. The summed E-state index contributed by atoms with van der Waals surface area (Å²) in [6.45, 7) is 0.366. The molecule has 0 spiro atoms. The molecule has 1 aromatic rings. The third-order valence-electron chi connectivity index (χ3n) is 1.18. The maximum absolute atomic E-state index is 10.1. The van der Waals surface area contributed by atoms with Crippen LogP contribution in [0.2, 0.25) is 0 Å². The van der Waals surface area contributed by atoms with Crippen molar-refractivity contribution in [3.63, 3.8) is 0 Å². The molecule has 0 atom stereocenters. The monoisotopic (exact) mass is 173 g/mol. The summed E-state index contributed by atoms with van der Waals surface area (Å²) < 4.78 is 2.02. The van der Waals surface area contributed by atoms with Crippen molar-refractivity contribution in [1.29, 1.82) is 0 Å². The molecule has 0 radical (unpaired) electrons. The van der Waals surface area contributed by atoms with E-state index in [1.807, 2.05) is 0 Å². The molecule has 1 heterocycles. The second kappa shape index (κ2) is 3.29. The Hall–Kier alpha value is -1.17. The third kappa shape index (κ3) is 2.15. The first kappa shape index (κ1) is 7.93. The molecule has 0 aliphatic heterocycles. The molecule has 1 rings (SSSR count). The van der Waals surface area contributed by atoms with Crippen LogP contribution in [0.1, 0.15) is 6.42 Å². The van der Waals surface area contributed by atoms with Crippen LogP contribution in [-0.4, -0.2) is 25.8 Å². The van der Waals surface area contributed by atoms with Gasteiger partial charge in [0.2, 0.25) is 0 Å². The van der Waals surface area contributed by atoms with Crippen LogP contribution in [0.15, 0.2) is 6.33 Å². The van der Waals surface area contributed by atoms with Crippen molar-refractivity contribution in [2.45, 2.75) is 13.0 Å². The van der Waals surface area contributed by atoms with E-state index in [9.17, 15) is 4.79 Å². The van der Waals surface area contributed by atoms with E-state index in [1.165, 1.54) is 6.33 Å². The number of carboxylic acid groups (broad SMARTS) is 1. The zero-order valence-corrected chi connectivity index (χ0v) is 6.47. The first-order chi connectivity index (χ1) is 5.20. The number of hydrogen-bond donors (Lipinski definition) is 2. The van der Waals surface area contributed by atoms with Gasteiger partial charge in [-0.3, -0.25) is 9.89 Å². The number of rotatable bonds is 3. The number of aliphatic carboxylic acids is 1. The number of nitrogens with one attached hydrogen (secondary N) is 1. The molecule has 6 heteroatoms. The topological polar surface area (TPSA) is 70.9 Å². The minimum absolute atomic E-state index is 0.0633. The van der Waals surface area contributed by atoms with E-state index in [4.69, 9.17) is 17.3 Å². The number of aromatic amines is 1. The minimum atomic E-state index is -0.840. The molecule has 0 fully saturated rings. The first-order valence-electron chi connectivity index (χ1n) is 3.02. The van der Waals surface area contributed by atoms with Crippen LogP contribution in [0.4, 0.5) is 0 Å². The summed E-state index contributed by atoms with van der Waals surface area (Å²) in [5.74, 6) is -0.840. The fraction of sp³-hybridized carbons (Fsp3) is 0.400. The summed E-state index contributed by atoms with van der Waals surface area (Å²) in [7, 11) is 0. The smallest absolute Gasteiger partial charge is 0.305 e. The summed E-state index contributed by atoms with van der Waals surface area (Å²) >= 11 is 4.79. The molecule has 11 heavy (non-hydrogen) atoms. The van der Waals surface area contributed by atoms with Crippen LogP contribution in [0.25, 0.3) is 0 Å². The van der Waals surface area contributed by atoms with Crippen LogP contribution in [0, 0.1) is 4.77 Å². The number of aromatic nitrogens is 3. The van der Waals surface area contributed by atoms with Crippen LogP contribution in [0.5, 0.6) is 0 Å². The SMILES string of the molecule is O=C(O)CCn1cn[nH]c1=S. The number of carboxylic acids is 1. The van der Waals surface area contributed by atoms with E-state index >= 15 is 0 Å². The van der Waals surface area contributed by atoms with Crippen LogP contribution in [0.3, 0.4) is 0 Å². The van der Waals surface area contributed by atoms with Gasteiger partial charge < -0.3 is 9.67 Å². The standard InChI is InChI=1S/C5H7N3O2S/c9-4(10)1-2-8-3-6-7-5(8)11/h3H,1-2H2,(H,7,11)(H,9,10). The average molecular weight is 173 g/mol. The van der Waals surface area contributed by atoms with E-state index < -0.39 is 5.97 Å². The predicted octanol–water partition coefficient (Wildman–Crippen LogP) is 0.415. The lowest BCUT2D eigenvalue weighted by Gasteiger charge is -1.95. The molecule has 0 amide bonds. The quantitative estimate of drug-likeness (QED) is 0.650. The molecule has 2 N–H and O–H groups in total. The number of hydrogen-bond acceptors (Lipinski definition) is 3. The van der Waals surface area contributed by atoms with Gasteiger partial charge in [0.25, 0.3) is 0 Å². The van der Waals surface area contributed by atoms with Gasteiger partial charge >= 0.3 is 5.97 Å². The zero-order valence-electron chi connectivity index (χ0n) is 5.65. The maximum atomic E-state index is 10.1. The van der Waals surface area contributed by atoms with Gasteiger partial charge in [0.15, 0.2) is 4.77 Å². The molecule has 0 aliphatic rings. The van der Waals surface area contributed by atoms with Gasteiger partial charge in [0.1, 0.15) is 6.33 Å². The van der Waals surface area contributed by atoms with Gasteiger partial charge in [-0.2, -0.15) is 5.10 Å². The summed E-state index contributed by atoms with van der Waals surface area (Å²) in [4.78, 5) is 10.1. The Kier molecular flexibility index (Phi) is 2.37. The molecule has 60 valence electrons. The highest BCUT2D eigenvalue weighted by atomic mass is 32.1. The Morgan fingerprint density at radius 1 is 1.91 bits per heavy atom. The normalized spacial score (nSPS) is 9.82. The van der Waals surface area contributed by atoms with E-state index in [1.54, 1.807) is 4.57 Å². The lowest BCUT2D eigenvalue weighted by molar-refractivity contribution is -0.137. The van der Waals surface area contributed by atoms with E-state index in [0.717, 1.165) is 0 Å². The predicted molar refractivity (Wildman–Crippen MR) is 39.7 cm³/mol. The van der Waals surface area contributed by atoms with Crippen molar-refractivity contribution in [3.8, 4) is 0 Å². The minimum Gasteiger partial charge on any atom is -0.481 e. The Labute approximate surface area is 67.7 Å². The molecule has 0 saturated carbocycles. The summed E-state index contributed by atoms with van der Waals surface area (Å²) in [6, 6.07) is 0. The van der Waals surface area contributed by atoms with Crippen molar-refractivity contribution in [2.24, 2.45) is 0 Å². The van der Waals surface area contributed by atoms with Gasteiger partial charge in [0, 0.05) is 6.54 Å². The first-order valence-corrected chi connectivity index (χ1v) is 3.42. The van der Waals surface area contributed by atoms with Crippen molar-refractivity contribution < 1.29 is 9.90 Å². The van der Waals surface area contributed by atoms with Crippen molar-refractivity contribution >= 4 is 18.2 Å². The second-order valence-electron chi connectivity index (χ2n) is 2.00. The molecule has 0 aromatic carbocycles. The largest absolute Gasteiger partial charge is 0.481 e. The average Bonchev–Trinajstić information content (AvgIpc) is 2.31. The lowest BCUT2D eigenvalue weighted by atomic mass is 10.4. The van der Waals surface area contributed by atoms with Gasteiger partial charge in [-0.25, -0.2) is 0 Å². The highest BCUT2D eigenvalue weighted by molar-refractivity contribution is 7.71. The molecule has 0 saturated heterocycles. The molecular formula is C5H7N3O2S. The van der Waals surface area contributed by atoms with Crippen molar-refractivity contribution in [2.75, 3.05) is 0 Å². The second-order valence-corrected chi connectivity index (χ2v) is 2.39. The Morgan fingerprint density at radius 2 is 2.64 bits per heavy atom. The third-order valence-corrected chi connectivity index (χ3v) is 1.51. The van der Waals surface area contributed by atoms with Gasteiger partial charge in [-0.1, -0.05) is 0 Å². The van der Waals surface area contributed by atoms with Gasteiger partial charge in [-0.15, -0.1) is 0 Å². The fourth-order valence-corrected chi connectivity index (χ4v) is 0.837. The maximum Gasteiger partial charge on any atom is 0.305 e. The van der Waals surface area contributed by atoms with Crippen molar-refractivity contribution in [1.82, 2.24) is 14.8 Å². The van der Waals surface area contributed by atoms with E-state index in [2.05, 4.69) is 10.2 Å². The lowest BCUT2D eigenvalue weighted by Crippen LogP contribution is -2.03. The summed E-state index contributed by atoms with van der Waals surface area (Å²) in [6.07, 6.45) is 1.54. The number of aryl methyl sites for hydroxylation is 1. The fourth-order valence-electron chi connectivity index (χ4n) is 0.646. The molecule has 5 nitrogen and oxygen atoms in total. The van der Waals surface area contributed by atoms with Crippen molar-refractivity contribution in [3.05, 3.63) is 11.1 Å².